The van der Waals surface area contributed by atoms with Crippen LogP contribution in [0.5, 0.6) is 0 Å². The van der Waals surface area contributed by atoms with E-state index in [0.717, 1.165) is 19.6 Å². The summed E-state index contributed by atoms with van der Waals surface area (Å²) in [4.78, 5) is 2.25. The largest absolute Gasteiger partial charge is 0.377 e. The highest BCUT2D eigenvalue weighted by Crippen LogP contribution is 2.24. The summed E-state index contributed by atoms with van der Waals surface area (Å²) >= 11 is 0. The lowest BCUT2D eigenvalue weighted by Gasteiger charge is -2.28. The van der Waals surface area contributed by atoms with Crippen LogP contribution >= 0.6 is 0 Å². The molecule has 2 fully saturated rings. The molecule has 1 saturated heterocycles. The number of hydrogen-bond donors (Lipinski definition) is 1. The second kappa shape index (κ2) is 5.54. The van der Waals surface area contributed by atoms with Gasteiger partial charge in [0.1, 0.15) is 5.54 Å². The van der Waals surface area contributed by atoms with Crippen molar-refractivity contribution in [1.29, 1.82) is 5.26 Å². The van der Waals surface area contributed by atoms with E-state index in [1.165, 1.54) is 12.8 Å². The Hall–Kier alpha value is -0.670. The zero-order chi connectivity index (χ0) is 13.2. The fourth-order valence-electron chi connectivity index (χ4n) is 2.64. The Balaban J connectivity index is 1.90. The molecule has 0 aromatic rings. The number of methoxy groups -OCH3 is 2. The van der Waals surface area contributed by atoms with Gasteiger partial charge in [-0.15, -0.1) is 0 Å². The van der Waals surface area contributed by atoms with Crippen LogP contribution in [0.3, 0.4) is 0 Å². The van der Waals surface area contributed by atoms with E-state index >= 15 is 0 Å². The summed E-state index contributed by atoms with van der Waals surface area (Å²) in [5.41, 5.74) is -0.470. The van der Waals surface area contributed by atoms with Gasteiger partial charge in [0, 0.05) is 39.9 Å². The number of nitrogens with one attached hydrogen (secondary N) is 1. The maximum absolute atomic E-state index is 9.37. The highest BCUT2D eigenvalue weighted by Gasteiger charge is 2.39. The first-order valence-electron chi connectivity index (χ1n) is 6.57. The van der Waals surface area contributed by atoms with Gasteiger partial charge >= 0.3 is 0 Å². The standard InChI is InChI=1S/C13H23N3O2/c1-13(8-14,15-10-4-5-10)9-16-6-11(17-2)12(7-16)18-3/h10-12,15H,4-7,9H2,1-3H3. The molecule has 0 aromatic heterocycles. The molecule has 1 aliphatic carbocycles. The van der Waals surface area contributed by atoms with E-state index in [4.69, 9.17) is 9.47 Å². The highest BCUT2D eigenvalue weighted by molar-refractivity contribution is 5.09. The molecule has 0 radical (unpaired) electrons. The molecule has 3 unspecified atom stereocenters. The highest BCUT2D eigenvalue weighted by atomic mass is 16.5. The lowest BCUT2D eigenvalue weighted by atomic mass is 10.0. The number of likely N-dealkylation sites (tertiary alicyclic amines) is 1. The van der Waals surface area contributed by atoms with Crippen molar-refractivity contribution in [1.82, 2.24) is 10.2 Å². The van der Waals surface area contributed by atoms with Crippen LogP contribution in [-0.4, -0.2) is 62.5 Å². The van der Waals surface area contributed by atoms with E-state index in [0.29, 0.717) is 6.04 Å². The van der Waals surface area contributed by atoms with Gasteiger partial charge in [-0.2, -0.15) is 5.26 Å². The summed E-state index contributed by atoms with van der Waals surface area (Å²) in [7, 11) is 3.43. The molecule has 2 rings (SSSR count). The summed E-state index contributed by atoms with van der Waals surface area (Å²) in [5.74, 6) is 0. The minimum atomic E-state index is -0.470. The van der Waals surface area contributed by atoms with E-state index in [2.05, 4.69) is 16.3 Å². The first kappa shape index (κ1) is 13.8. The minimum Gasteiger partial charge on any atom is -0.377 e. The van der Waals surface area contributed by atoms with Crippen molar-refractivity contribution in [3.63, 3.8) is 0 Å². The number of nitrogens with zero attached hydrogens (tertiary/aromatic N) is 2. The van der Waals surface area contributed by atoms with Gasteiger partial charge in [0.15, 0.2) is 0 Å². The first-order chi connectivity index (χ1) is 8.60. The van der Waals surface area contributed by atoms with E-state index in [9.17, 15) is 5.26 Å². The lowest BCUT2D eigenvalue weighted by molar-refractivity contribution is -0.00461. The van der Waals surface area contributed by atoms with Gasteiger partial charge in [0.25, 0.3) is 0 Å². The van der Waals surface area contributed by atoms with Gasteiger partial charge in [0.2, 0.25) is 0 Å². The second-order valence-corrected chi connectivity index (χ2v) is 5.60. The summed E-state index contributed by atoms with van der Waals surface area (Å²) in [6.07, 6.45) is 2.61. The maximum Gasteiger partial charge on any atom is 0.116 e. The van der Waals surface area contributed by atoms with Gasteiger partial charge in [0.05, 0.1) is 18.3 Å². The zero-order valence-electron chi connectivity index (χ0n) is 11.5. The fraction of sp³-hybridized carbons (Fsp3) is 0.923. The second-order valence-electron chi connectivity index (χ2n) is 5.60. The number of rotatable bonds is 6. The van der Waals surface area contributed by atoms with Crippen molar-refractivity contribution >= 4 is 0 Å². The fourth-order valence-corrected chi connectivity index (χ4v) is 2.64. The van der Waals surface area contributed by atoms with E-state index < -0.39 is 5.54 Å². The molecule has 1 aliphatic heterocycles. The third-order valence-electron chi connectivity index (χ3n) is 3.78. The Kier molecular flexibility index (Phi) is 4.23. The Morgan fingerprint density at radius 3 is 2.22 bits per heavy atom. The van der Waals surface area contributed by atoms with Crippen molar-refractivity contribution < 1.29 is 9.47 Å². The molecule has 0 amide bonds. The minimum absolute atomic E-state index is 0.110. The molecular weight excluding hydrogens is 230 g/mol. The summed E-state index contributed by atoms with van der Waals surface area (Å²) in [5, 5.41) is 12.8. The average Bonchev–Trinajstić information content (AvgIpc) is 3.07. The van der Waals surface area contributed by atoms with Gasteiger partial charge in [-0.1, -0.05) is 0 Å². The average molecular weight is 253 g/mol. The van der Waals surface area contributed by atoms with Gasteiger partial charge < -0.3 is 9.47 Å². The van der Waals surface area contributed by atoms with Crippen molar-refractivity contribution in [2.75, 3.05) is 33.9 Å². The number of hydrogen-bond acceptors (Lipinski definition) is 5. The number of ether oxygens (including phenoxy) is 2. The third-order valence-corrected chi connectivity index (χ3v) is 3.78. The topological polar surface area (TPSA) is 57.5 Å². The van der Waals surface area contributed by atoms with Crippen LogP contribution in [0.25, 0.3) is 0 Å². The molecular formula is C13H23N3O2. The predicted molar refractivity (Wildman–Crippen MR) is 68.2 cm³/mol. The van der Waals surface area contributed by atoms with Crippen LogP contribution in [0.1, 0.15) is 19.8 Å². The molecule has 1 saturated carbocycles. The molecule has 3 atom stereocenters. The third kappa shape index (κ3) is 3.21. The quantitative estimate of drug-likeness (QED) is 0.741. The van der Waals surface area contributed by atoms with Crippen LogP contribution in [0.4, 0.5) is 0 Å². The molecule has 18 heavy (non-hydrogen) atoms. The smallest absolute Gasteiger partial charge is 0.116 e. The van der Waals surface area contributed by atoms with Crippen LogP contribution in [0.15, 0.2) is 0 Å². The maximum atomic E-state index is 9.37. The molecule has 5 heteroatoms. The van der Waals surface area contributed by atoms with Crippen molar-refractivity contribution in [3.05, 3.63) is 0 Å². The SMILES string of the molecule is COC1CN(CC(C)(C#N)NC2CC2)CC1OC. The Labute approximate surface area is 109 Å². The Morgan fingerprint density at radius 2 is 1.83 bits per heavy atom. The Bertz CT molecular complexity index is 315. The molecule has 0 aromatic carbocycles. The predicted octanol–water partition coefficient (Wildman–Crippen LogP) is 0.366. The first-order valence-corrected chi connectivity index (χ1v) is 6.57. The van der Waals surface area contributed by atoms with E-state index in [-0.39, 0.29) is 12.2 Å². The molecule has 1 N–H and O–H groups in total. The lowest BCUT2D eigenvalue weighted by Crippen LogP contribution is -2.51. The van der Waals surface area contributed by atoms with Crippen molar-refractivity contribution in [3.8, 4) is 6.07 Å². The van der Waals surface area contributed by atoms with Crippen LogP contribution in [0, 0.1) is 11.3 Å². The van der Waals surface area contributed by atoms with Crippen LogP contribution in [-0.2, 0) is 9.47 Å². The molecule has 5 nitrogen and oxygen atoms in total. The summed E-state index contributed by atoms with van der Waals surface area (Å²) in [6.45, 7) is 4.37. The van der Waals surface area contributed by atoms with E-state index in [1.54, 1.807) is 14.2 Å². The number of nitriles is 1. The van der Waals surface area contributed by atoms with E-state index in [1.807, 2.05) is 6.92 Å². The monoisotopic (exact) mass is 253 g/mol. The van der Waals surface area contributed by atoms with Crippen LogP contribution < -0.4 is 5.32 Å². The summed E-state index contributed by atoms with van der Waals surface area (Å²) in [6, 6.07) is 2.94. The van der Waals surface area contributed by atoms with Gasteiger partial charge in [-0.05, 0) is 19.8 Å². The Morgan fingerprint density at radius 1 is 1.28 bits per heavy atom. The van der Waals surface area contributed by atoms with Gasteiger partial charge in [-0.3, -0.25) is 10.2 Å². The van der Waals surface area contributed by atoms with Crippen LogP contribution in [0.2, 0.25) is 0 Å². The normalized spacial score (nSPS) is 32.1. The van der Waals surface area contributed by atoms with Gasteiger partial charge in [-0.25, -0.2) is 0 Å². The van der Waals surface area contributed by atoms with Crippen molar-refractivity contribution in [2.45, 2.75) is 43.6 Å². The molecule has 0 spiro atoms. The molecule has 0 bridgehead atoms. The molecule has 1 heterocycles. The molecule has 2 aliphatic rings. The van der Waals surface area contributed by atoms with Crippen molar-refractivity contribution in [2.24, 2.45) is 0 Å². The zero-order valence-corrected chi connectivity index (χ0v) is 11.5. The summed E-state index contributed by atoms with van der Waals surface area (Å²) < 4.78 is 10.8. The molecule has 102 valence electrons.